The number of nitrogens with two attached hydrogens (primary N) is 1. The van der Waals surface area contributed by atoms with Crippen LogP contribution in [0.4, 0.5) is 11.4 Å². The number of nitrogens with one attached hydrogen (secondary N) is 2. The van der Waals surface area contributed by atoms with Gasteiger partial charge in [0.2, 0.25) is 5.91 Å². The Morgan fingerprint density at radius 3 is 2.55 bits per heavy atom. The van der Waals surface area contributed by atoms with Gasteiger partial charge >= 0.3 is 5.97 Å². The third-order valence-electron chi connectivity index (χ3n) is 2.75. The first-order valence-electron chi connectivity index (χ1n) is 6.48. The third kappa shape index (κ3) is 4.46. The normalized spacial score (nSPS) is 10.4. The molecule has 1 aromatic rings. The van der Waals surface area contributed by atoms with Crippen molar-refractivity contribution in [3.63, 3.8) is 0 Å². The number of carboxylic acids is 1. The number of carbonyl (C=O) groups excluding carboxylic acids is 1. The average molecular weight is 279 g/mol. The topological polar surface area (TPSA) is 104 Å². The van der Waals surface area contributed by atoms with Crippen molar-refractivity contribution in [3.8, 4) is 0 Å². The van der Waals surface area contributed by atoms with Crippen molar-refractivity contribution in [3.05, 3.63) is 23.3 Å². The maximum atomic E-state index is 11.5. The van der Waals surface area contributed by atoms with Gasteiger partial charge in [-0.3, -0.25) is 4.79 Å². The van der Waals surface area contributed by atoms with E-state index in [9.17, 15) is 9.59 Å². The molecule has 0 unspecified atom stereocenters. The molecule has 0 aromatic heterocycles. The Morgan fingerprint density at radius 2 is 2.00 bits per heavy atom. The molecule has 0 atom stereocenters. The molecule has 0 aliphatic heterocycles. The number of nitrogen functional groups attached to an aromatic ring is 1. The summed E-state index contributed by atoms with van der Waals surface area (Å²) in [4.78, 5) is 22.5. The quantitative estimate of drug-likeness (QED) is 0.592. The van der Waals surface area contributed by atoms with Gasteiger partial charge in [-0.2, -0.15) is 0 Å². The van der Waals surface area contributed by atoms with Crippen molar-refractivity contribution in [1.29, 1.82) is 0 Å². The Balaban J connectivity index is 2.65. The van der Waals surface area contributed by atoms with Crippen LogP contribution in [0.1, 0.15) is 36.2 Å². The molecule has 0 saturated heterocycles. The summed E-state index contributed by atoms with van der Waals surface area (Å²) in [5.74, 6) is -1.11. The number of hydrogen-bond donors (Lipinski definition) is 4. The second kappa shape index (κ2) is 6.79. The summed E-state index contributed by atoms with van der Waals surface area (Å²) in [6, 6.07) is 3.35. The van der Waals surface area contributed by atoms with Crippen molar-refractivity contribution in [2.24, 2.45) is 0 Å². The molecule has 0 heterocycles. The SMILES string of the molecule is Cc1cc(NCCC(=O)NC(C)C)cc(C(=O)O)c1N. The van der Waals surface area contributed by atoms with E-state index < -0.39 is 5.97 Å². The maximum Gasteiger partial charge on any atom is 0.337 e. The van der Waals surface area contributed by atoms with Crippen molar-refractivity contribution in [1.82, 2.24) is 5.32 Å². The van der Waals surface area contributed by atoms with Crippen molar-refractivity contribution >= 4 is 23.3 Å². The van der Waals surface area contributed by atoms with Gasteiger partial charge in [0.05, 0.1) is 5.56 Å². The molecule has 0 aliphatic carbocycles. The molecule has 0 saturated carbocycles. The average Bonchev–Trinajstić information content (AvgIpc) is 2.32. The second-order valence-corrected chi connectivity index (χ2v) is 4.96. The standard InChI is InChI=1S/C14H21N3O3/c1-8(2)17-12(18)4-5-16-10-6-9(3)13(15)11(7-10)14(19)20/h6-8,16H,4-5,15H2,1-3H3,(H,17,18)(H,19,20). The van der Waals surface area contributed by atoms with E-state index in [1.165, 1.54) is 6.07 Å². The molecule has 0 spiro atoms. The second-order valence-electron chi connectivity index (χ2n) is 4.96. The van der Waals surface area contributed by atoms with Gasteiger partial charge in [0.1, 0.15) is 0 Å². The molecule has 6 nitrogen and oxygen atoms in total. The van der Waals surface area contributed by atoms with Crippen LogP contribution in [-0.4, -0.2) is 29.6 Å². The minimum Gasteiger partial charge on any atom is -0.478 e. The van der Waals surface area contributed by atoms with Crippen LogP contribution in [0.15, 0.2) is 12.1 Å². The van der Waals surface area contributed by atoms with E-state index in [-0.39, 0.29) is 23.2 Å². The molecule has 110 valence electrons. The van der Waals surface area contributed by atoms with Crippen molar-refractivity contribution in [2.45, 2.75) is 33.2 Å². The number of amides is 1. The number of hydrogen-bond acceptors (Lipinski definition) is 4. The first-order valence-corrected chi connectivity index (χ1v) is 6.48. The van der Waals surface area contributed by atoms with E-state index in [1.807, 2.05) is 13.8 Å². The summed E-state index contributed by atoms with van der Waals surface area (Å²) in [5.41, 5.74) is 7.38. The molecule has 0 bridgehead atoms. The van der Waals surface area contributed by atoms with Crippen LogP contribution in [0.5, 0.6) is 0 Å². The van der Waals surface area contributed by atoms with Gasteiger partial charge < -0.3 is 21.5 Å². The summed E-state index contributed by atoms with van der Waals surface area (Å²) in [5, 5.41) is 14.9. The van der Waals surface area contributed by atoms with Gasteiger partial charge in [-0.25, -0.2) is 4.79 Å². The molecule has 1 rings (SSSR count). The lowest BCUT2D eigenvalue weighted by Crippen LogP contribution is -2.31. The zero-order chi connectivity index (χ0) is 15.3. The summed E-state index contributed by atoms with van der Waals surface area (Å²) >= 11 is 0. The molecular weight excluding hydrogens is 258 g/mol. The lowest BCUT2D eigenvalue weighted by molar-refractivity contribution is -0.121. The summed E-state index contributed by atoms with van der Waals surface area (Å²) in [6.07, 6.45) is 0.323. The van der Waals surface area contributed by atoms with Gasteiger partial charge in [-0.1, -0.05) is 0 Å². The number of aryl methyl sites for hydroxylation is 1. The molecule has 0 aliphatic rings. The smallest absolute Gasteiger partial charge is 0.337 e. The molecular formula is C14H21N3O3. The number of carboxylic acid groups (broad SMARTS) is 1. The van der Waals surface area contributed by atoms with Gasteiger partial charge in [0.25, 0.3) is 0 Å². The fourth-order valence-corrected chi connectivity index (χ4v) is 1.79. The van der Waals surface area contributed by atoms with Gasteiger partial charge in [0.15, 0.2) is 0 Å². The minimum atomic E-state index is -1.06. The Hall–Kier alpha value is -2.24. The third-order valence-corrected chi connectivity index (χ3v) is 2.75. The number of aromatic carboxylic acids is 1. The van der Waals surface area contributed by atoms with Crippen LogP contribution < -0.4 is 16.4 Å². The van der Waals surface area contributed by atoms with Crippen LogP contribution in [0.2, 0.25) is 0 Å². The van der Waals surface area contributed by atoms with Crippen LogP contribution in [-0.2, 0) is 4.79 Å². The largest absolute Gasteiger partial charge is 0.478 e. The highest BCUT2D eigenvalue weighted by atomic mass is 16.4. The van der Waals surface area contributed by atoms with Crippen molar-refractivity contribution in [2.75, 3.05) is 17.6 Å². The Bertz CT molecular complexity index is 513. The van der Waals surface area contributed by atoms with Crippen LogP contribution in [0, 0.1) is 6.92 Å². The summed E-state index contributed by atoms with van der Waals surface area (Å²) in [6.45, 7) is 5.97. The first kappa shape index (κ1) is 15.8. The zero-order valence-corrected chi connectivity index (χ0v) is 12.0. The number of anilines is 2. The highest BCUT2D eigenvalue weighted by Gasteiger charge is 2.11. The summed E-state index contributed by atoms with van der Waals surface area (Å²) < 4.78 is 0. The van der Waals surface area contributed by atoms with Crippen molar-refractivity contribution < 1.29 is 14.7 Å². The van der Waals surface area contributed by atoms with Gasteiger partial charge in [-0.05, 0) is 38.5 Å². The van der Waals surface area contributed by atoms with E-state index in [0.717, 1.165) is 0 Å². The highest BCUT2D eigenvalue weighted by molar-refractivity contribution is 5.95. The van der Waals surface area contributed by atoms with Crippen LogP contribution in [0.25, 0.3) is 0 Å². The lowest BCUT2D eigenvalue weighted by Gasteiger charge is -2.12. The molecule has 1 amide bonds. The molecule has 1 aromatic carbocycles. The van der Waals surface area contributed by atoms with Crippen LogP contribution >= 0.6 is 0 Å². The predicted octanol–water partition coefficient (Wildman–Crippen LogP) is 1.60. The summed E-state index contributed by atoms with van der Waals surface area (Å²) in [7, 11) is 0. The fraction of sp³-hybridized carbons (Fsp3) is 0.429. The predicted molar refractivity (Wildman–Crippen MR) is 78.9 cm³/mol. The molecule has 0 fully saturated rings. The highest BCUT2D eigenvalue weighted by Crippen LogP contribution is 2.22. The van der Waals surface area contributed by atoms with E-state index in [2.05, 4.69) is 10.6 Å². The monoisotopic (exact) mass is 279 g/mol. The lowest BCUT2D eigenvalue weighted by atomic mass is 10.1. The number of carbonyl (C=O) groups is 2. The first-order chi connectivity index (χ1) is 9.31. The van der Waals surface area contributed by atoms with Crippen LogP contribution in [0.3, 0.4) is 0 Å². The van der Waals surface area contributed by atoms with E-state index >= 15 is 0 Å². The molecule has 20 heavy (non-hydrogen) atoms. The minimum absolute atomic E-state index is 0.0434. The van der Waals surface area contributed by atoms with Gasteiger partial charge in [0, 0.05) is 30.4 Å². The van der Waals surface area contributed by atoms with Gasteiger partial charge in [-0.15, -0.1) is 0 Å². The fourth-order valence-electron chi connectivity index (χ4n) is 1.79. The Morgan fingerprint density at radius 1 is 1.35 bits per heavy atom. The molecule has 0 radical (unpaired) electrons. The maximum absolute atomic E-state index is 11.5. The van der Waals surface area contributed by atoms with E-state index in [0.29, 0.717) is 24.2 Å². The number of rotatable bonds is 6. The van der Waals surface area contributed by atoms with E-state index in [1.54, 1.807) is 13.0 Å². The molecule has 5 N–H and O–H groups in total. The zero-order valence-electron chi connectivity index (χ0n) is 12.0. The van der Waals surface area contributed by atoms with E-state index in [4.69, 9.17) is 10.8 Å². The molecule has 6 heteroatoms. The Kier molecular flexibility index (Phi) is 5.37. The number of benzene rings is 1. The Labute approximate surface area is 118 Å².